The highest BCUT2D eigenvalue weighted by atomic mass is 32.2. The van der Waals surface area contributed by atoms with Crippen molar-refractivity contribution in [1.82, 2.24) is 14.9 Å². The van der Waals surface area contributed by atoms with Gasteiger partial charge in [0.15, 0.2) is 15.0 Å². The van der Waals surface area contributed by atoms with E-state index in [9.17, 15) is 13.2 Å². The van der Waals surface area contributed by atoms with Crippen molar-refractivity contribution in [2.45, 2.75) is 24.0 Å². The summed E-state index contributed by atoms with van der Waals surface area (Å²) in [6.45, 7) is 5.57. The van der Waals surface area contributed by atoms with Crippen LogP contribution in [-0.4, -0.2) is 60.6 Å². The molecule has 1 fully saturated rings. The Bertz CT molecular complexity index is 1120. The molecule has 2 aromatic heterocycles. The van der Waals surface area contributed by atoms with Crippen molar-refractivity contribution in [1.29, 1.82) is 0 Å². The largest absolute Gasteiger partial charge is 0.344 e. The zero-order valence-corrected chi connectivity index (χ0v) is 17.9. The van der Waals surface area contributed by atoms with Gasteiger partial charge in [-0.25, -0.2) is 18.4 Å². The third-order valence-electron chi connectivity index (χ3n) is 5.04. The van der Waals surface area contributed by atoms with Gasteiger partial charge in [-0.3, -0.25) is 4.79 Å². The van der Waals surface area contributed by atoms with Gasteiger partial charge in [0.2, 0.25) is 0 Å². The van der Waals surface area contributed by atoms with Gasteiger partial charge < -0.3 is 9.80 Å². The molecular weight excluding hydrogens is 408 g/mol. The van der Waals surface area contributed by atoms with E-state index in [4.69, 9.17) is 0 Å². The smallest absolute Gasteiger partial charge is 0.255 e. The minimum atomic E-state index is -3.53. The number of fused-ring (bicyclic) bond motifs is 1. The number of hydrogen-bond donors (Lipinski definition) is 0. The number of carbonyl (C=O) groups excluding carboxylic acids is 1. The monoisotopic (exact) mass is 430 g/mol. The second-order valence-electron chi connectivity index (χ2n) is 7.19. The highest BCUT2D eigenvalue weighted by molar-refractivity contribution is 7.92. The number of hydrogen-bond acceptors (Lipinski definition) is 7. The van der Waals surface area contributed by atoms with Crippen molar-refractivity contribution >= 4 is 42.6 Å². The molecule has 1 aliphatic heterocycles. The fourth-order valence-corrected chi connectivity index (χ4v) is 5.51. The van der Waals surface area contributed by atoms with Crippen LogP contribution in [0.2, 0.25) is 0 Å². The predicted octanol–water partition coefficient (Wildman–Crippen LogP) is 2.84. The molecule has 29 heavy (non-hydrogen) atoms. The second-order valence-corrected chi connectivity index (χ2v) is 10.6. The van der Waals surface area contributed by atoms with Gasteiger partial charge >= 0.3 is 0 Å². The molecule has 0 saturated carbocycles. The number of anilines is 1. The Kier molecular flexibility index (Phi) is 5.26. The third-order valence-corrected chi connectivity index (χ3v) is 8.29. The van der Waals surface area contributed by atoms with Crippen LogP contribution in [0.25, 0.3) is 10.3 Å². The molecule has 3 heterocycles. The zero-order chi connectivity index (χ0) is 20.6. The summed E-state index contributed by atoms with van der Waals surface area (Å²) in [4.78, 5) is 26.9. The number of thiazole rings is 1. The topological polar surface area (TPSA) is 83.5 Å². The molecule has 0 aliphatic carbocycles. The minimum Gasteiger partial charge on any atom is -0.344 e. The van der Waals surface area contributed by atoms with Gasteiger partial charge in [0.05, 0.1) is 15.7 Å². The molecule has 0 N–H and O–H groups in total. The number of aromatic nitrogens is 2. The lowest BCUT2D eigenvalue weighted by molar-refractivity contribution is 0.0743. The van der Waals surface area contributed by atoms with Crippen LogP contribution >= 0.6 is 11.3 Å². The Morgan fingerprint density at radius 2 is 1.79 bits per heavy atom. The van der Waals surface area contributed by atoms with Crippen LogP contribution in [0.5, 0.6) is 0 Å². The summed E-state index contributed by atoms with van der Waals surface area (Å²) in [5.41, 5.74) is 1.12. The summed E-state index contributed by atoms with van der Waals surface area (Å²) in [7, 11) is -3.53. The van der Waals surface area contributed by atoms with Gasteiger partial charge in [-0.05, 0) is 38.1 Å². The molecule has 0 unspecified atom stereocenters. The number of pyridine rings is 1. The summed E-state index contributed by atoms with van der Waals surface area (Å²) in [5, 5.41) is 0.314. The Balaban J connectivity index is 1.51. The fraction of sp³-hybridized carbons (Fsp3) is 0.350. The molecular formula is C20H22N4O3S2. The maximum absolute atomic E-state index is 13.1. The van der Waals surface area contributed by atoms with Crippen molar-refractivity contribution in [3.63, 3.8) is 0 Å². The Labute approximate surface area is 173 Å². The average Bonchev–Trinajstić information content (AvgIpc) is 3.17. The average molecular weight is 431 g/mol. The first-order valence-electron chi connectivity index (χ1n) is 9.46. The van der Waals surface area contributed by atoms with E-state index >= 15 is 0 Å². The maximum Gasteiger partial charge on any atom is 0.255 e. The molecule has 4 rings (SSSR count). The van der Waals surface area contributed by atoms with Crippen LogP contribution in [0.1, 0.15) is 24.2 Å². The van der Waals surface area contributed by atoms with Crippen molar-refractivity contribution < 1.29 is 13.2 Å². The Morgan fingerprint density at radius 3 is 2.48 bits per heavy atom. The number of benzene rings is 1. The summed E-state index contributed by atoms with van der Waals surface area (Å²) in [5.74, 6) is -0.240. The third kappa shape index (κ3) is 3.72. The summed E-state index contributed by atoms with van der Waals surface area (Å²) < 4.78 is 25.3. The highest BCUT2D eigenvalue weighted by Crippen LogP contribution is 2.28. The van der Waals surface area contributed by atoms with Crippen LogP contribution in [0.3, 0.4) is 0 Å². The van der Waals surface area contributed by atoms with E-state index in [0.717, 1.165) is 15.5 Å². The van der Waals surface area contributed by atoms with Crippen LogP contribution in [0.15, 0.2) is 47.5 Å². The fourth-order valence-electron chi connectivity index (χ4n) is 3.31. The first-order chi connectivity index (χ1) is 13.9. The molecule has 7 nitrogen and oxygen atoms in total. The van der Waals surface area contributed by atoms with E-state index < -0.39 is 15.1 Å². The lowest BCUT2D eigenvalue weighted by Crippen LogP contribution is -2.49. The Morgan fingerprint density at radius 1 is 1.07 bits per heavy atom. The van der Waals surface area contributed by atoms with Crippen molar-refractivity contribution in [3.8, 4) is 0 Å². The molecule has 0 bridgehead atoms. The summed E-state index contributed by atoms with van der Waals surface area (Å²) in [6.07, 6.45) is 1.75. The van der Waals surface area contributed by atoms with Gasteiger partial charge in [0, 0.05) is 32.4 Å². The standard InChI is InChI=1S/C20H22N4O3S2/c1-14(2)29(26,27)17-8-4-3-6-15(17)19(25)23-10-12-24(13-11-23)20-22-16-7-5-9-21-18(16)28-20/h3-9,14H,10-13H2,1-2H3. The Hall–Kier alpha value is -2.52. The molecule has 152 valence electrons. The highest BCUT2D eigenvalue weighted by Gasteiger charge is 2.29. The van der Waals surface area contributed by atoms with E-state index in [2.05, 4.69) is 14.9 Å². The maximum atomic E-state index is 13.1. The van der Waals surface area contributed by atoms with Crippen LogP contribution in [0.4, 0.5) is 5.13 Å². The first kappa shape index (κ1) is 19.8. The summed E-state index contributed by atoms with van der Waals surface area (Å²) in [6, 6.07) is 10.3. The molecule has 0 spiro atoms. The van der Waals surface area contributed by atoms with E-state index in [1.54, 1.807) is 43.1 Å². The zero-order valence-electron chi connectivity index (χ0n) is 16.3. The van der Waals surface area contributed by atoms with E-state index in [1.807, 2.05) is 12.1 Å². The van der Waals surface area contributed by atoms with Gasteiger partial charge in [-0.15, -0.1) is 0 Å². The van der Waals surface area contributed by atoms with Crippen LogP contribution in [-0.2, 0) is 9.84 Å². The van der Waals surface area contributed by atoms with Crippen LogP contribution < -0.4 is 4.90 Å². The molecule has 9 heteroatoms. The number of carbonyl (C=O) groups is 1. The number of piperazine rings is 1. The first-order valence-corrected chi connectivity index (χ1v) is 11.8. The number of amides is 1. The van der Waals surface area contributed by atoms with Crippen LogP contribution in [0, 0.1) is 0 Å². The molecule has 1 aromatic carbocycles. The molecule has 0 atom stereocenters. The molecule has 3 aromatic rings. The van der Waals surface area contributed by atoms with Crippen molar-refractivity contribution in [2.75, 3.05) is 31.1 Å². The summed E-state index contributed by atoms with van der Waals surface area (Å²) >= 11 is 1.54. The normalized spacial score (nSPS) is 15.3. The van der Waals surface area contributed by atoms with Crippen molar-refractivity contribution in [3.05, 3.63) is 48.2 Å². The van der Waals surface area contributed by atoms with Gasteiger partial charge in [-0.1, -0.05) is 23.5 Å². The molecule has 1 aliphatic rings. The number of rotatable bonds is 4. The molecule has 1 saturated heterocycles. The van der Waals surface area contributed by atoms with Crippen molar-refractivity contribution in [2.24, 2.45) is 0 Å². The SMILES string of the molecule is CC(C)S(=O)(=O)c1ccccc1C(=O)N1CCN(c2nc3cccnc3s2)CC1. The quantitative estimate of drug-likeness (QED) is 0.633. The van der Waals surface area contributed by atoms with Gasteiger partial charge in [0.25, 0.3) is 5.91 Å². The number of sulfone groups is 1. The van der Waals surface area contributed by atoms with E-state index in [0.29, 0.717) is 26.2 Å². The van der Waals surface area contributed by atoms with E-state index in [1.165, 1.54) is 17.4 Å². The second kappa shape index (κ2) is 7.72. The van der Waals surface area contributed by atoms with Gasteiger partial charge in [0.1, 0.15) is 10.3 Å². The molecule has 1 amide bonds. The minimum absolute atomic E-state index is 0.111. The number of nitrogens with zero attached hydrogens (tertiary/aromatic N) is 4. The molecule has 0 radical (unpaired) electrons. The van der Waals surface area contributed by atoms with E-state index in [-0.39, 0.29) is 16.4 Å². The van der Waals surface area contributed by atoms with Gasteiger partial charge in [-0.2, -0.15) is 0 Å². The predicted molar refractivity (Wildman–Crippen MR) is 114 cm³/mol. The lowest BCUT2D eigenvalue weighted by Gasteiger charge is -2.34. The lowest BCUT2D eigenvalue weighted by atomic mass is 10.2.